The summed E-state index contributed by atoms with van der Waals surface area (Å²) in [5.74, 6) is 0.654. The minimum atomic E-state index is -0.409. The molecule has 8 heteroatoms. The zero-order valence-corrected chi connectivity index (χ0v) is 19.6. The average molecular weight is 471 g/mol. The van der Waals surface area contributed by atoms with Crippen molar-refractivity contribution in [3.63, 3.8) is 0 Å². The largest absolute Gasteiger partial charge is 0.489 e. The lowest BCUT2D eigenvalue weighted by Crippen LogP contribution is -2.22. The Bertz CT molecular complexity index is 1310. The van der Waals surface area contributed by atoms with Crippen molar-refractivity contribution in [2.45, 2.75) is 33.5 Å². The SMILES string of the molecule is Cc1nn(Cc2ccc(C(=O)NCc3ccc(COc4ccccc4)cc3)cc2)c(C)c1[N+](=O)[O-]. The molecule has 4 aromatic rings. The molecule has 0 spiro atoms. The van der Waals surface area contributed by atoms with Crippen LogP contribution in [0.1, 0.15) is 38.4 Å². The van der Waals surface area contributed by atoms with Gasteiger partial charge in [0.15, 0.2) is 0 Å². The van der Waals surface area contributed by atoms with Crippen molar-refractivity contribution in [1.82, 2.24) is 15.1 Å². The lowest BCUT2D eigenvalue weighted by molar-refractivity contribution is -0.386. The molecular formula is C27H26N4O4. The molecule has 0 atom stereocenters. The maximum atomic E-state index is 12.6. The zero-order chi connectivity index (χ0) is 24.8. The number of aryl methyl sites for hydroxylation is 1. The van der Waals surface area contributed by atoms with Gasteiger partial charge in [-0.1, -0.05) is 54.6 Å². The average Bonchev–Trinajstić information content (AvgIpc) is 3.15. The van der Waals surface area contributed by atoms with Crippen LogP contribution in [-0.4, -0.2) is 20.6 Å². The third kappa shape index (κ3) is 5.92. The molecule has 1 amide bonds. The molecule has 4 rings (SSSR count). The van der Waals surface area contributed by atoms with Gasteiger partial charge in [-0.05, 0) is 54.8 Å². The summed E-state index contributed by atoms with van der Waals surface area (Å²) in [5.41, 5.74) is 4.42. The van der Waals surface area contributed by atoms with Crippen molar-refractivity contribution in [2.24, 2.45) is 0 Å². The molecule has 0 bridgehead atoms. The highest BCUT2D eigenvalue weighted by molar-refractivity contribution is 5.94. The van der Waals surface area contributed by atoms with Gasteiger partial charge in [0, 0.05) is 12.1 Å². The van der Waals surface area contributed by atoms with E-state index in [-0.39, 0.29) is 11.6 Å². The minimum absolute atomic E-state index is 0.0396. The molecule has 8 nitrogen and oxygen atoms in total. The molecule has 0 unspecified atom stereocenters. The molecule has 178 valence electrons. The van der Waals surface area contributed by atoms with Crippen molar-refractivity contribution in [1.29, 1.82) is 0 Å². The number of para-hydroxylation sites is 1. The molecular weight excluding hydrogens is 444 g/mol. The molecule has 0 aliphatic heterocycles. The first-order valence-electron chi connectivity index (χ1n) is 11.2. The number of hydrogen-bond acceptors (Lipinski definition) is 5. The Hall–Kier alpha value is -4.46. The normalized spacial score (nSPS) is 10.7. The van der Waals surface area contributed by atoms with E-state index >= 15 is 0 Å². The van der Waals surface area contributed by atoms with Crippen molar-refractivity contribution >= 4 is 11.6 Å². The number of nitrogens with one attached hydrogen (secondary N) is 1. The monoisotopic (exact) mass is 470 g/mol. The van der Waals surface area contributed by atoms with E-state index in [0.29, 0.717) is 36.6 Å². The molecule has 0 fully saturated rings. The molecule has 1 aromatic heterocycles. The zero-order valence-electron chi connectivity index (χ0n) is 19.6. The molecule has 0 aliphatic rings. The van der Waals surface area contributed by atoms with Gasteiger partial charge in [0.25, 0.3) is 5.91 Å². The van der Waals surface area contributed by atoms with Gasteiger partial charge >= 0.3 is 5.69 Å². The maximum absolute atomic E-state index is 12.6. The third-order valence-corrected chi connectivity index (χ3v) is 5.70. The van der Waals surface area contributed by atoms with E-state index in [4.69, 9.17) is 4.74 Å². The van der Waals surface area contributed by atoms with E-state index < -0.39 is 4.92 Å². The van der Waals surface area contributed by atoms with Crippen molar-refractivity contribution in [3.8, 4) is 5.75 Å². The lowest BCUT2D eigenvalue weighted by Gasteiger charge is -2.09. The Morgan fingerprint density at radius 1 is 0.943 bits per heavy atom. The summed E-state index contributed by atoms with van der Waals surface area (Å²) in [6.07, 6.45) is 0. The lowest BCUT2D eigenvalue weighted by atomic mass is 10.1. The molecule has 0 radical (unpaired) electrons. The first kappa shape index (κ1) is 23.7. The highest BCUT2D eigenvalue weighted by atomic mass is 16.6. The number of ether oxygens (including phenoxy) is 1. The van der Waals surface area contributed by atoms with E-state index in [1.807, 2.05) is 66.7 Å². The first-order chi connectivity index (χ1) is 16.9. The van der Waals surface area contributed by atoms with E-state index in [2.05, 4.69) is 10.4 Å². The number of benzene rings is 3. The van der Waals surface area contributed by atoms with Gasteiger partial charge in [0.05, 0.1) is 11.5 Å². The van der Waals surface area contributed by atoms with E-state index in [1.165, 1.54) is 0 Å². The molecule has 35 heavy (non-hydrogen) atoms. The molecule has 0 saturated heterocycles. The fourth-order valence-electron chi connectivity index (χ4n) is 3.76. The van der Waals surface area contributed by atoms with Crippen LogP contribution in [0.15, 0.2) is 78.9 Å². The number of carbonyl (C=O) groups is 1. The smallest absolute Gasteiger partial charge is 0.312 e. The van der Waals surface area contributed by atoms with Gasteiger partial charge in [-0.2, -0.15) is 5.10 Å². The third-order valence-electron chi connectivity index (χ3n) is 5.70. The number of amides is 1. The van der Waals surface area contributed by atoms with Gasteiger partial charge < -0.3 is 10.1 Å². The van der Waals surface area contributed by atoms with Crippen LogP contribution in [0.3, 0.4) is 0 Å². The Morgan fingerprint density at radius 3 is 2.20 bits per heavy atom. The van der Waals surface area contributed by atoms with Crippen LogP contribution in [0.2, 0.25) is 0 Å². The summed E-state index contributed by atoms with van der Waals surface area (Å²) in [6.45, 7) is 4.59. The summed E-state index contributed by atoms with van der Waals surface area (Å²) < 4.78 is 7.36. The van der Waals surface area contributed by atoms with Crippen LogP contribution in [0, 0.1) is 24.0 Å². The fraction of sp³-hybridized carbons (Fsp3) is 0.185. The summed E-state index contributed by atoms with van der Waals surface area (Å²) >= 11 is 0. The maximum Gasteiger partial charge on any atom is 0.312 e. The van der Waals surface area contributed by atoms with E-state index in [0.717, 1.165) is 22.4 Å². The predicted octanol–water partition coefficient (Wildman–Crippen LogP) is 4.97. The Labute approximate surface area is 203 Å². The Kier molecular flexibility index (Phi) is 7.21. The van der Waals surface area contributed by atoms with E-state index in [9.17, 15) is 14.9 Å². The van der Waals surface area contributed by atoms with Crippen molar-refractivity contribution in [3.05, 3.63) is 123 Å². The minimum Gasteiger partial charge on any atom is -0.489 e. The standard InChI is InChI=1S/C27H26N4O4/c1-19-26(31(33)34)20(2)30(29-19)17-22-12-14-24(15-13-22)27(32)28-16-21-8-10-23(11-9-21)18-35-25-6-4-3-5-7-25/h3-15H,16-18H2,1-2H3,(H,28,32). The Balaban J connectivity index is 1.29. The van der Waals surface area contributed by atoms with Gasteiger partial charge in [-0.25, -0.2) is 0 Å². The van der Waals surface area contributed by atoms with E-state index in [1.54, 1.807) is 30.7 Å². The van der Waals surface area contributed by atoms with Crippen LogP contribution in [0.25, 0.3) is 0 Å². The highest BCUT2D eigenvalue weighted by Gasteiger charge is 2.21. The molecule has 1 N–H and O–H groups in total. The second-order valence-corrected chi connectivity index (χ2v) is 8.23. The number of nitro groups is 1. The number of nitrogens with zero attached hydrogens (tertiary/aromatic N) is 3. The summed E-state index contributed by atoms with van der Waals surface area (Å²) in [6, 6.07) is 24.7. The van der Waals surface area contributed by atoms with Crippen molar-refractivity contribution in [2.75, 3.05) is 0 Å². The second-order valence-electron chi connectivity index (χ2n) is 8.23. The van der Waals surface area contributed by atoms with Crippen LogP contribution in [0.4, 0.5) is 5.69 Å². The predicted molar refractivity (Wildman–Crippen MR) is 132 cm³/mol. The van der Waals surface area contributed by atoms with Gasteiger partial charge in [0.1, 0.15) is 23.7 Å². The van der Waals surface area contributed by atoms with Crippen molar-refractivity contribution < 1.29 is 14.5 Å². The fourth-order valence-corrected chi connectivity index (χ4v) is 3.76. The number of rotatable bonds is 9. The van der Waals surface area contributed by atoms with Crippen LogP contribution < -0.4 is 10.1 Å². The van der Waals surface area contributed by atoms with Crippen LogP contribution in [0.5, 0.6) is 5.75 Å². The molecule has 0 aliphatic carbocycles. The summed E-state index contributed by atoms with van der Waals surface area (Å²) in [7, 11) is 0. The number of hydrogen-bond donors (Lipinski definition) is 1. The van der Waals surface area contributed by atoms with Gasteiger partial charge in [-0.15, -0.1) is 0 Å². The summed E-state index contributed by atoms with van der Waals surface area (Å²) in [5, 5.41) is 18.4. The first-order valence-corrected chi connectivity index (χ1v) is 11.2. The Morgan fingerprint density at radius 2 is 1.57 bits per heavy atom. The molecule has 1 heterocycles. The van der Waals surface area contributed by atoms with Crippen LogP contribution >= 0.6 is 0 Å². The van der Waals surface area contributed by atoms with Gasteiger partial charge in [-0.3, -0.25) is 19.6 Å². The molecule has 0 saturated carbocycles. The summed E-state index contributed by atoms with van der Waals surface area (Å²) in [4.78, 5) is 23.4. The second kappa shape index (κ2) is 10.6. The molecule has 3 aromatic carbocycles. The topological polar surface area (TPSA) is 99.3 Å². The highest BCUT2D eigenvalue weighted by Crippen LogP contribution is 2.22. The van der Waals surface area contributed by atoms with Gasteiger partial charge in [0.2, 0.25) is 0 Å². The number of carbonyl (C=O) groups excluding carboxylic acids is 1. The number of aromatic nitrogens is 2. The van der Waals surface area contributed by atoms with Crippen LogP contribution in [-0.2, 0) is 19.7 Å². The quantitative estimate of drug-likeness (QED) is 0.275.